The van der Waals surface area contributed by atoms with Crippen molar-refractivity contribution in [2.45, 2.75) is 32.6 Å². The predicted molar refractivity (Wildman–Crippen MR) is 119 cm³/mol. The standard InChI is InChI=1S/C23H25FN4O.ClH/c1-15-6-7-21(16(2)12-15)27-23(29)20-14-26-28(19-5-3-4-18(24)13-19)22(20)17-8-10-25-11-9-17;/h3-7,12-14,17,25H,8-11H2,1-2H3,(H,27,29);1H. The van der Waals surface area contributed by atoms with Gasteiger partial charge in [0, 0.05) is 11.6 Å². The maximum absolute atomic E-state index is 13.8. The molecule has 2 heterocycles. The third kappa shape index (κ3) is 4.55. The monoisotopic (exact) mass is 428 g/mol. The summed E-state index contributed by atoms with van der Waals surface area (Å²) in [4.78, 5) is 13.2. The summed E-state index contributed by atoms with van der Waals surface area (Å²) in [6.45, 7) is 5.78. The highest BCUT2D eigenvalue weighted by atomic mass is 35.5. The van der Waals surface area contributed by atoms with E-state index < -0.39 is 0 Å². The Morgan fingerprint density at radius 1 is 1.17 bits per heavy atom. The Kier molecular flexibility index (Phi) is 6.90. The summed E-state index contributed by atoms with van der Waals surface area (Å²) in [5.41, 5.74) is 4.97. The first-order valence-corrected chi connectivity index (χ1v) is 9.96. The molecule has 1 amide bonds. The number of piperidine rings is 1. The third-order valence-corrected chi connectivity index (χ3v) is 5.46. The van der Waals surface area contributed by atoms with E-state index in [0.29, 0.717) is 11.3 Å². The highest BCUT2D eigenvalue weighted by Crippen LogP contribution is 2.31. The average molecular weight is 429 g/mol. The van der Waals surface area contributed by atoms with Gasteiger partial charge in [0.15, 0.2) is 0 Å². The number of anilines is 1. The first kappa shape index (κ1) is 22.0. The van der Waals surface area contributed by atoms with E-state index in [1.54, 1.807) is 16.9 Å². The molecular weight excluding hydrogens is 403 g/mol. The number of nitrogens with zero attached hydrogens (tertiary/aromatic N) is 2. The zero-order chi connectivity index (χ0) is 20.4. The molecule has 2 aromatic carbocycles. The van der Waals surface area contributed by atoms with E-state index in [1.807, 2.05) is 38.1 Å². The molecule has 0 unspecified atom stereocenters. The van der Waals surface area contributed by atoms with Crippen LogP contribution in [0.15, 0.2) is 48.7 Å². The highest BCUT2D eigenvalue weighted by molar-refractivity contribution is 6.05. The van der Waals surface area contributed by atoms with Crippen LogP contribution in [0.5, 0.6) is 0 Å². The van der Waals surface area contributed by atoms with Crippen LogP contribution < -0.4 is 10.6 Å². The van der Waals surface area contributed by atoms with Gasteiger partial charge < -0.3 is 10.6 Å². The number of hydrogen-bond donors (Lipinski definition) is 2. The van der Waals surface area contributed by atoms with Crippen LogP contribution in [-0.2, 0) is 0 Å². The molecule has 158 valence electrons. The summed E-state index contributed by atoms with van der Waals surface area (Å²) in [5, 5.41) is 10.9. The van der Waals surface area contributed by atoms with Crippen LogP contribution in [0.4, 0.5) is 10.1 Å². The summed E-state index contributed by atoms with van der Waals surface area (Å²) in [7, 11) is 0. The Labute approximate surface area is 182 Å². The lowest BCUT2D eigenvalue weighted by atomic mass is 9.91. The Bertz CT molecular complexity index is 1040. The molecule has 4 rings (SSSR count). The van der Waals surface area contributed by atoms with Crippen LogP contribution in [0.3, 0.4) is 0 Å². The van der Waals surface area contributed by atoms with Gasteiger partial charge in [0.05, 0.1) is 23.1 Å². The van der Waals surface area contributed by atoms with Crippen molar-refractivity contribution >= 4 is 24.0 Å². The Morgan fingerprint density at radius 2 is 1.93 bits per heavy atom. The zero-order valence-electron chi connectivity index (χ0n) is 17.1. The first-order chi connectivity index (χ1) is 14.0. The summed E-state index contributed by atoms with van der Waals surface area (Å²) in [6, 6.07) is 12.3. The minimum Gasteiger partial charge on any atom is -0.322 e. The smallest absolute Gasteiger partial charge is 0.259 e. The second-order valence-electron chi connectivity index (χ2n) is 7.63. The molecular formula is C23H26ClFN4O. The average Bonchev–Trinajstić information content (AvgIpc) is 3.16. The van der Waals surface area contributed by atoms with Gasteiger partial charge >= 0.3 is 0 Å². The fraction of sp³-hybridized carbons (Fsp3) is 0.304. The molecule has 0 saturated carbocycles. The van der Waals surface area contributed by atoms with E-state index in [0.717, 1.165) is 48.4 Å². The predicted octanol–water partition coefficient (Wildman–Crippen LogP) is 4.77. The lowest BCUT2D eigenvalue weighted by Gasteiger charge is -2.24. The molecule has 0 aliphatic carbocycles. The molecule has 1 aliphatic heterocycles. The minimum atomic E-state index is -0.324. The fourth-order valence-electron chi connectivity index (χ4n) is 3.98. The lowest BCUT2D eigenvalue weighted by Crippen LogP contribution is -2.29. The number of carbonyl (C=O) groups is 1. The van der Waals surface area contributed by atoms with Crippen molar-refractivity contribution in [2.75, 3.05) is 18.4 Å². The molecule has 2 N–H and O–H groups in total. The molecule has 7 heteroatoms. The van der Waals surface area contributed by atoms with E-state index in [1.165, 1.54) is 12.1 Å². The molecule has 0 bridgehead atoms. The number of benzene rings is 2. The minimum absolute atomic E-state index is 0. The quantitative estimate of drug-likeness (QED) is 0.629. The Balaban J connectivity index is 0.00000256. The summed E-state index contributed by atoms with van der Waals surface area (Å²) in [6.07, 6.45) is 3.41. The number of carbonyl (C=O) groups excluding carboxylic acids is 1. The SMILES string of the molecule is Cc1ccc(NC(=O)c2cnn(-c3cccc(F)c3)c2C2CCNCC2)c(C)c1.Cl. The van der Waals surface area contributed by atoms with Gasteiger partial charge in [0.2, 0.25) is 0 Å². The maximum Gasteiger partial charge on any atom is 0.259 e. The number of amides is 1. The van der Waals surface area contributed by atoms with Crippen molar-refractivity contribution in [1.29, 1.82) is 0 Å². The highest BCUT2D eigenvalue weighted by Gasteiger charge is 2.27. The van der Waals surface area contributed by atoms with Gasteiger partial charge in [-0.1, -0.05) is 23.8 Å². The fourth-order valence-corrected chi connectivity index (χ4v) is 3.98. The number of hydrogen-bond acceptors (Lipinski definition) is 3. The van der Waals surface area contributed by atoms with E-state index in [9.17, 15) is 9.18 Å². The third-order valence-electron chi connectivity index (χ3n) is 5.46. The van der Waals surface area contributed by atoms with E-state index in [-0.39, 0.29) is 30.0 Å². The summed E-state index contributed by atoms with van der Waals surface area (Å²) < 4.78 is 15.5. The lowest BCUT2D eigenvalue weighted by molar-refractivity contribution is 0.102. The molecule has 1 fully saturated rings. The number of nitrogens with one attached hydrogen (secondary N) is 2. The maximum atomic E-state index is 13.8. The van der Waals surface area contributed by atoms with Gasteiger partial charge in [0.25, 0.3) is 5.91 Å². The van der Waals surface area contributed by atoms with Crippen molar-refractivity contribution in [3.05, 3.63) is 76.9 Å². The topological polar surface area (TPSA) is 59.0 Å². The number of aryl methyl sites for hydroxylation is 2. The summed E-state index contributed by atoms with van der Waals surface area (Å²) in [5.74, 6) is -0.328. The molecule has 1 aromatic heterocycles. The van der Waals surface area contributed by atoms with Crippen LogP contribution >= 0.6 is 12.4 Å². The van der Waals surface area contributed by atoms with Gasteiger partial charge in [0.1, 0.15) is 5.82 Å². The van der Waals surface area contributed by atoms with Crippen molar-refractivity contribution < 1.29 is 9.18 Å². The van der Waals surface area contributed by atoms with Gasteiger partial charge in [-0.15, -0.1) is 12.4 Å². The molecule has 0 atom stereocenters. The zero-order valence-corrected chi connectivity index (χ0v) is 17.9. The van der Waals surface area contributed by atoms with Crippen LogP contribution in [-0.4, -0.2) is 28.8 Å². The first-order valence-electron chi connectivity index (χ1n) is 9.96. The van der Waals surface area contributed by atoms with Gasteiger partial charge in [-0.3, -0.25) is 4.79 Å². The summed E-state index contributed by atoms with van der Waals surface area (Å²) >= 11 is 0. The molecule has 0 radical (unpaired) electrons. The van der Waals surface area contributed by atoms with Crippen LogP contribution in [0.25, 0.3) is 5.69 Å². The van der Waals surface area contributed by atoms with Gasteiger partial charge in [-0.2, -0.15) is 5.10 Å². The van der Waals surface area contributed by atoms with Gasteiger partial charge in [-0.05, 0) is 69.6 Å². The molecule has 30 heavy (non-hydrogen) atoms. The molecule has 3 aromatic rings. The van der Waals surface area contributed by atoms with Crippen molar-refractivity contribution in [3.63, 3.8) is 0 Å². The molecule has 0 spiro atoms. The number of rotatable bonds is 4. The Morgan fingerprint density at radius 3 is 2.63 bits per heavy atom. The number of aromatic nitrogens is 2. The van der Waals surface area contributed by atoms with Crippen LogP contribution in [0.2, 0.25) is 0 Å². The van der Waals surface area contributed by atoms with Gasteiger partial charge in [-0.25, -0.2) is 9.07 Å². The second kappa shape index (κ2) is 9.41. The largest absolute Gasteiger partial charge is 0.322 e. The molecule has 5 nitrogen and oxygen atoms in total. The van der Waals surface area contributed by atoms with Crippen molar-refractivity contribution in [3.8, 4) is 5.69 Å². The Hall–Kier alpha value is -2.70. The van der Waals surface area contributed by atoms with E-state index in [4.69, 9.17) is 0 Å². The molecule has 1 aliphatic rings. The van der Waals surface area contributed by atoms with Crippen LogP contribution in [0.1, 0.15) is 45.9 Å². The van der Waals surface area contributed by atoms with Crippen molar-refractivity contribution in [1.82, 2.24) is 15.1 Å². The number of halogens is 2. The van der Waals surface area contributed by atoms with E-state index in [2.05, 4.69) is 15.7 Å². The van der Waals surface area contributed by atoms with Crippen molar-refractivity contribution in [2.24, 2.45) is 0 Å². The van der Waals surface area contributed by atoms with E-state index >= 15 is 0 Å². The normalized spacial score (nSPS) is 14.2. The molecule has 1 saturated heterocycles. The van der Waals surface area contributed by atoms with Crippen LogP contribution in [0, 0.1) is 19.7 Å². The second-order valence-corrected chi connectivity index (χ2v) is 7.63.